The van der Waals surface area contributed by atoms with Crippen LogP contribution in [0.25, 0.3) is 0 Å². The molecule has 5 nitrogen and oxygen atoms in total. The Morgan fingerprint density at radius 1 is 1.43 bits per heavy atom. The van der Waals surface area contributed by atoms with Crippen molar-refractivity contribution in [3.8, 4) is 0 Å². The minimum atomic E-state index is -3.58. The van der Waals surface area contributed by atoms with Gasteiger partial charge in [0.05, 0.1) is 11.5 Å². The zero-order valence-electron chi connectivity index (χ0n) is 12.3. The van der Waals surface area contributed by atoms with E-state index < -0.39 is 10.0 Å². The Morgan fingerprint density at radius 3 is 2.67 bits per heavy atom. The van der Waals surface area contributed by atoms with E-state index in [4.69, 9.17) is 0 Å². The third-order valence-corrected chi connectivity index (χ3v) is 6.48. The molecule has 0 spiro atoms. The van der Waals surface area contributed by atoms with Gasteiger partial charge in [-0.25, -0.2) is 13.1 Å². The fourth-order valence-corrected chi connectivity index (χ4v) is 4.32. The first kappa shape index (κ1) is 16.9. The van der Waals surface area contributed by atoms with Crippen LogP contribution in [0.5, 0.6) is 0 Å². The summed E-state index contributed by atoms with van der Waals surface area (Å²) in [7, 11) is -1.57. The van der Waals surface area contributed by atoms with Crippen LogP contribution in [-0.4, -0.2) is 44.6 Å². The van der Waals surface area contributed by atoms with E-state index in [1.54, 1.807) is 6.07 Å². The van der Waals surface area contributed by atoms with Crippen molar-refractivity contribution < 1.29 is 13.5 Å². The van der Waals surface area contributed by atoms with Crippen LogP contribution in [0.3, 0.4) is 0 Å². The number of likely N-dealkylation sites (N-methyl/N-ethyl adjacent to an activating group) is 1. The van der Waals surface area contributed by atoms with Gasteiger partial charge in [0.2, 0.25) is 10.0 Å². The Bertz CT molecular complexity index is 615. The summed E-state index contributed by atoms with van der Waals surface area (Å²) in [6.07, 6.45) is 2.40. The maximum absolute atomic E-state index is 12.4. The zero-order valence-corrected chi connectivity index (χ0v) is 14.7. The Labute approximate surface area is 134 Å². The summed E-state index contributed by atoms with van der Waals surface area (Å²) in [5, 5.41) is 9.22. The normalized spacial score (nSPS) is 15.7. The topological polar surface area (TPSA) is 69.6 Å². The molecule has 1 saturated carbocycles. The van der Waals surface area contributed by atoms with Crippen LogP contribution in [0, 0.1) is 6.92 Å². The van der Waals surface area contributed by atoms with E-state index in [-0.39, 0.29) is 11.5 Å². The number of benzene rings is 1. The van der Waals surface area contributed by atoms with E-state index in [2.05, 4.69) is 25.6 Å². The fraction of sp³-hybridized carbons (Fsp3) is 0.571. The van der Waals surface area contributed by atoms with Gasteiger partial charge in [0.1, 0.15) is 0 Å². The molecule has 1 aliphatic carbocycles. The number of hydrogen-bond acceptors (Lipinski definition) is 4. The number of aliphatic hydroxyl groups is 1. The van der Waals surface area contributed by atoms with Gasteiger partial charge in [0.25, 0.3) is 0 Å². The van der Waals surface area contributed by atoms with Gasteiger partial charge in [0, 0.05) is 23.6 Å². The highest BCUT2D eigenvalue weighted by Crippen LogP contribution is 2.27. The number of nitrogens with zero attached hydrogens (tertiary/aromatic N) is 1. The van der Waals surface area contributed by atoms with Crippen molar-refractivity contribution in [1.82, 2.24) is 9.62 Å². The smallest absolute Gasteiger partial charge is 0.241 e. The van der Waals surface area contributed by atoms with Crippen LogP contribution in [0.1, 0.15) is 24.0 Å². The van der Waals surface area contributed by atoms with Crippen molar-refractivity contribution in [3.63, 3.8) is 0 Å². The van der Waals surface area contributed by atoms with Crippen molar-refractivity contribution in [1.29, 1.82) is 0 Å². The van der Waals surface area contributed by atoms with Crippen LogP contribution in [-0.2, 0) is 16.6 Å². The summed E-state index contributed by atoms with van der Waals surface area (Å²) in [5.74, 6) is 0. The van der Waals surface area contributed by atoms with Crippen LogP contribution in [0.15, 0.2) is 21.5 Å². The van der Waals surface area contributed by atoms with Crippen molar-refractivity contribution in [2.45, 2.75) is 37.3 Å². The predicted octanol–water partition coefficient (Wildman–Crippen LogP) is 1.62. The van der Waals surface area contributed by atoms with Gasteiger partial charge in [-0.1, -0.05) is 6.07 Å². The first-order valence-corrected chi connectivity index (χ1v) is 9.22. The Kier molecular flexibility index (Phi) is 5.43. The SMILES string of the molecule is Cc1cc(CO)cc(S(=O)(=O)NCCN(C)C2CC2)c1Br. The lowest BCUT2D eigenvalue weighted by Gasteiger charge is -2.16. The maximum atomic E-state index is 12.4. The predicted molar refractivity (Wildman–Crippen MR) is 85.6 cm³/mol. The molecule has 1 aromatic carbocycles. The summed E-state index contributed by atoms with van der Waals surface area (Å²) in [6.45, 7) is 2.70. The minimum absolute atomic E-state index is 0.180. The molecular weight excluding hydrogens is 356 g/mol. The van der Waals surface area contributed by atoms with Gasteiger partial charge in [0.15, 0.2) is 0 Å². The van der Waals surface area contributed by atoms with Gasteiger partial charge in [-0.2, -0.15) is 0 Å². The number of halogens is 1. The monoisotopic (exact) mass is 376 g/mol. The zero-order chi connectivity index (χ0) is 15.6. The average molecular weight is 377 g/mol. The molecular formula is C14H21BrN2O3S. The Balaban J connectivity index is 2.09. The lowest BCUT2D eigenvalue weighted by atomic mass is 10.1. The summed E-state index contributed by atoms with van der Waals surface area (Å²) in [4.78, 5) is 2.35. The molecule has 1 aliphatic rings. The Hall–Kier alpha value is -0.470. The number of aliphatic hydroxyl groups excluding tert-OH is 1. The molecule has 7 heteroatoms. The molecule has 0 aliphatic heterocycles. The number of nitrogens with one attached hydrogen (secondary N) is 1. The lowest BCUT2D eigenvalue weighted by Crippen LogP contribution is -2.34. The van der Waals surface area contributed by atoms with E-state index in [1.807, 2.05) is 14.0 Å². The Morgan fingerprint density at radius 2 is 2.10 bits per heavy atom. The largest absolute Gasteiger partial charge is 0.392 e. The third kappa shape index (κ3) is 4.26. The molecule has 2 rings (SSSR count). The van der Waals surface area contributed by atoms with Crippen LogP contribution in [0.2, 0.25) is 0 Å². The third-order valence-electron chi connectivity index (χ3n) is 3.68. The summed E-state index contributed by atoms with van der Waals surface area (Å²) in [5.41, 5.74) is 1.38. The molecule has 0 bridgehead atoms. The molecule has 2 N–H and O–H groups in total. The molecule has 0 aromatic heterocycles. The second-order valence-electron chi connectivity index (χ2n) is 5.49. The quantitative estimate of drug-likeness (QED) is 0.758. The van der Waals surface area contributed by atoms with Crippen molar-refractivity contribution >= 4 is 26.0 Å². The van der Waals surface area contributed by atoms with Crippen LogP contribution >= 0.6 is 15.9 Å². The van der Waals surface area contributed by atoms with E-state index >= 15 is 0 Å². The van der Waals surface area contributed by atoms with Crippen molar-refractivity contribution in [2.75, 3.05) is 20.1 Å². The molecule has 1 fully saturated rings. The van der Waals surface area contributed by atoms with Gasteiger partial charge in [-0.15, -0.1) is 0 Å². The van der Waals surface area contributed by atoms with Gasteiger partial charge in [-0.05, 0) is 59.9 Å². The van der Waals surface area contributed by atoms with E-state index in [1.165, 1.54) is 18.9 Å². The van der Waals surface area contributed by atoms with Crippen molar-refractivity contribution in [3.05, 3.63) is 27.7 Å². The number of aryl methyl sites for hydroxylation is 1. The lowest BCUT2D eigenvalue weighted by molar-refractivity contribution is 0.281. The molecule has 0 heterocycles. The number of rotatable bonds is 7. The highest BCUT2D eigenvalue weighted by Gasteiger charge is 2.26. The molecule has 0 unspecified atom stereocenters. The summed E-state index contributed by atoms with van der Waals surface area (Å²) in [6, 6.07) is 3.88. The molecule has 1 aromatic rings. The molecule has 0 radical (unpaired) electrons. The summed E-state index contributed by atoms with van der Waals surface area (Å²) < 4.78 is 28.0. The summed E-state index contributed by atoms with van der Waals surface area (Å²) >= 11 is 3.32. The van der Waals surface area contributed by atoms with Gasteiger partial charge in [-0.3, -0.25) is 0 Å². The molecule has 0 saturated heterocycles. The standard InChI is InChI=1S/C14H21BrN2O3S/c1-10-7-11(9-18)8-13(14(10)15)21(19,20)16-5-6-17(2)12-3-4-12/h7-8,12,16,18H,3-6,9H2,1-2H3. The van der Waals surface area contributed by atoms with E-state index in [0.717, 1.165) is 5.56 Å². The first-order chi connectivity index (χ1) is 9.85. The van der Waals surface area contributed by atoms with Crippen molar-refractivity contribution in [2.24, 2.45) is 0 Å². The number of sulfonamides is 1. The molecule has 21 heavy (non-hydrogen) atoms. The van der Waals surface area contributed by atoms with Gasteiger partial charge >= 0.3 is 0 Å². The average Bonchev–Trinajstić information content (AvgIpc) is 3.25. The fourth-order valence-electron chi connectivity index (χ4n) is 2.23. The highest BCUT2D eigenvalue weighted by atomic mass is 79.9. The van der Waals surface area contributed by atoms with Gasteiger partial charge < -0.3 is 10.0 Å². The second-order valence-corrected chi connectivity index (χ2v) is 8.02. The molecule has 118 valence electrons. The molecule has 0 amide bonds. The second kappa shape index (κ2) is 6.75. The van der Waals surface area contributed by atoms with E-state index in [9.17, 15) is 13.5 Å². The highest BCUT2D eigenvalue weighted by molar-refractivity contribution is 9.10. The number of hydrogen-bond donors (Lipinski definition) is 2. The van der Waals surface area contributed by atoms with Crippen LogP contribution < -0.4 is 4.72 Å². The molecule has 0 atom stereocenters. The van der Waals surface area contributed by atoms with Crippen LogP contribution in [0.4, 0.5) is 0 Å². The first-order valence-electron chi connectivity index (χ1n) is 6.95. The minimum Gasteiger partial charge on any atom is -0.392 e. The maximum Gasteiger partial charge on any atom is 0.241 e. The van der Waals surface area contributed by atoms with E-state index in [0.29, 0.717) is 29.2 Å².